The number of piperidine rings is 1. The molecule has 1 amide bonds. The Kier molecular flexibility index (Phi) is 5.30. The SMILES string of the molecule is CC(C)(C)OC(=O)N1CCC[C@H](Nc2cccc(C(F)(F)F)c2)C1. The third-order valence-electron chi connectivity index (χ3n) is 3.63. The number of halogens is 3. The smallest absolute Gasteiger partial charge is 0.416 e. The molecule has 7 heteroatoms. The third kappa shape index (κ3) is 5.32. The first-order chi connectivity index (χ1) is 11.0. The molecule has 1 N–H and O–H groups in total. The van der Waals surface area contributed by atoms with Crippen LogP contribution in [0, 0.1) is 0 Å². The zero-order chi connectivity index (χ0) is 18.0. The summed E-state index contributed by atoms with van der Waals surface area (Å²) in [6.45, 7) is 6.40. The van der Waals surface area contributed by atoms with Gasteiger partial charge in [0.05, 0.1) is 5.56 Å². The Morgan fingerprint density at radius 1 is 1.29 bits per heavy atom. The van der Waals surface area contributed by atoms with Crippen LogP contribution in [-0.2, 0) is 10.9 Å². The molecule has 1 aromatic carbocycles. The Morgan fingerprint density at radius 2 is 2.00 bits per heavy atom. The maximum Gasteiger partial charge on any atom is 0.416 e. The first-order valence-corrected chi connectivity index (χ1v) is 7.96. The van der Waals surface area contributed by atoms with Crippen molar-refractivity contribution < 1.29 is 22.7 Å². The lowest BCUT2D eigenvalue weighted by molar-refractivity contribution is -0.137. The van der Waals surface area contributed by atoms with E-state index in [0.717, 1.165) is 25.0 Å². The molecule has 1 atom stereocenters. The minimum absolute atomic E-state index is 0.102. The van der Waals surface area contributed by atoms with Crippen LogP contribution in [0.5, 0.6) is 0 Å². The Balaban J connectivity index is 1.99. The van der Waals surface area contributed by atoms with Crippen LogP contribution in [0.4, 0.5) is 23.7 Å². The highest BCUT2D eigenvalue weighted by molar-refractivity contribution is 5.68. The van der Waals surface area contributed by atoms with E-state index in [4.69, 9.17) is 4.74 Å². The van der Waals surface area contributed by atoms with Crippen LogP contribution in [0.15, 0.2) is 24.3 Å². The van der Waals surface area contributed by atoms with Crippen LogP contribution in [-0.4, -0.2) is 35.7 Å². The van der Waals surface area contributed by atoms with Crippen molar-refractivity contribution in [3.8, 4) is 0 Å². The Morgan fingerprint density at radius 3 is 2.62 bits per heavy atom. The van der Waals surface area contributed by atoms with Crippen molar-refractivity contribution in [1.82, 2.24) is 4.90 Å². The van der Waals surface area contributed by atoms with Gasteiger partial charge in [0.15, 0.2) is 0 Å². The topological polar surface area (TPSA) is 41.6 Å². The maximum absolute atomic E-state index is 12.8. The summed E-state index contributed by atoms with van der Waals surface area (Å²) in [6, 6.07) is 5.00. The number of benzene rings is 1. The maximum atomic E-state index is 12.8. The van der Waals surface area contributed by atoms with E-state index in [1.807, 2.05) is 0 Å². The van der Waals surface area contributed by atoms with Crippen molar-refractivity contribution in [3.63, 3.8) is 0 Å². The first-order valence-electron chi connectivity index (χ1n) is 7.96. The fourth-order valence-corrected chi connectivity index (χ4v) is 2.61. The normalized spacial score (nSPS) is 19.1. The predicted octanol–water partition coefficient (Wildman–Crippen LogP) is 4.52. The molecule has 1 aliphatic heterocycles. The molecule has 0 aliphatic carbocycles. The van der Waals surface area contributed by atoms with Crippen molar-refractivity contribution in [3.05, 3.63) is 29.8 Å². The van der Waals surface area contributed by atoms with Gasteiger partial charge in [0, 0.05) is 24.8 Å². The van der Waals surface area contributed by atoms with E-state index in [9.17, 15) is 18.0 Å². The van der Waals surface area contributed by atoms with Gasteiger partial charge in [0.2, 0.25) is 0 Å². The number of hydrogen-bond donors (Lipinski definition) is 1. The molecule has 0 saturated carbocycles. The van der Waals surface area contributed by atoms with Gasteiger partial charge in [-0.3, -0.25) is 0 Å². The second-order valence-electron chi connectivity index (χ2n) is 6.99. The third-order valence-corrected chi connectivity index (χ3v) is 3.63. The molecule has 0 radical (unpaired) electrons. The summed E-state index contributed by atoms with van der Waals surface area (Å²) in [5.74, 6) is 0. The minimum Gasteiger partial charge on any atom is -0.444 e. The standard InChI is InChI=1S/C17H23F3N2O2/c1-16(2,3)24-15(23)22-9-5-8-14(11-22)21-13-7-4-6-12(10-13)17(18,19)20/h4,6-7,10,14,21H,5,8-9,11H2,1-3H3/t14-/m0/s1. The monoisotopic (exact) mass is 344 g/mol. The largest absolute Gasteiger partial charge is 0.444 e. The van der Waals surface area contributed by atoms with Gasteiger partial charge < -0.3 is 15.0 Å². The van der Waals surface area contributed by atoms with Gasteiger partial charge in [-0.25, -0.2) is 4.79 Å². The van der Waals surface area contributed by atoms with Gasteiger partial charge in [0.1, 0.15) is 5.60 Å². The predicted molar refractivity (Wildman–Crippen MR) is 85.9 cm³/mol. The molecule has 1 aliphatic rings. The lowest BCUT2D eigenvalue weighted by Gasteiger charge is -2.34. The Bertz CT molecular complexity index is 582. The molecule has 1 saturated heterocycles. The number of alkyl halides is 3. The molecular weight excluding hydrogens is 321 g/mol. The molecule has 1 fully saturated rings. The van der Waals surface area contributed by atoms with Crippen LogP contribution in [0.3, 0.4) is 0 Å². The second kappa shape index (κ2) is 6.91. The summed E-state index contributed by atoms with van der Waals surface area (Å²) in [5.41, 5.74) is -0.855. The van der Waals surface area contributed by atoms with Crippen LogP contribution >= 0.6 is 0 Å². The summed E-state index contributed by atoms with van der Waals surface area (Å²) in [5, 5.41) is 3.09. The Hall–Kier alpha value is -1.92. The molecular formula is C17H23F3N2O2. The first kappa shape index (κ1) is 18.4. The van der Waals surface area contributed by atoms with Crippen LogP contribution in [0.2, 0.25) is 0 Å². The van der Waals surface area contributed by atoms with E-state index in [2.05, 4.69) is 5.32 Å². The van der Waals surface area contributed by atoms with Crippen molar-refractivity contribution in [2.75, 3.05) is 18.4 Å². The number of anilines is 1. The quantitative estimate of drug-likeness (QED) is 0.858. The van der Waals surface area contributed by atoms with Crippen molar-refractivity contribution in [2.24, 2.45) is 0 Å². The van der Waals surface area contributed by atoms with Crippen molar-refractivity contribution in [1.29, 1.82) is 0 Å². The van der Waals surface area contributed by atoms with E-state index in [-0.39, 0.29) is 6.04 Å². The molecule has 0 unspecified atom stereocenters. The highest BCUT2D eigenvalue weighted by Gasteiger charge is 2.31. The van der Waals surface area contributed by atoms with Crippen molar-refractivity contribution in [2.45, 2.75) is 51.4 Å². The molecule has 0 bridgehead atoms. The average molecular weight is 344 g/mol. The molecule has 2 rings (SSSR count). The van der Waals surface area contributed by atoms with Gasteiger partial charge >= 0.3 is 12.3 Å². The summed E-state index contributed by atoms with van der Waals surface area (Å²) >= 11 is 0. The number of nitrogens with zero attached hydrogens (tertiary/aromatic N) is 1. The lowest BCUT2D eigenvalue weighted by Crippen LogP contribution is -2.47. The number of carbonyl (C=O) groups is 1. The van der Waals surface area contributed by atoms with Crippen LogP contribution < -0.4 is 5.32 Å². The summed E-state index contributed by atoms with van der Waals surface area (Å²) in [7, 11) is 0. The van der Waals surface area contributed by atoms with E-state index < -0.39 is 23.4 Å². The highest BCUT2D eigenvalue weighted by Crippen LogP contribution is 2.31. The highest BCUT2D eigenvalue weighted by atomic mass is 19.4. The fourth-order valence-electron chi connectivity index (χ4n) is 2.61. The molecule has 4 nitrogen and oxygen atoms in total. The number of ether oxygens (including phenoxy) is 1. The summed E-state index contributed by atoms with van der Waals surface area (Å²) < 4.78 is 43.7. The number of nitrogens with one attached hydrogen (secondary N) is 1. The molecule has 134 valence electrons. The molecule has 0 spiro atoms. The van der Waals surface area contributed by atoms with Crippen LogP contribution in [0.1, 0.15) is 39.2 Å². The van der Waals surface area contributed by atoms with Gasteiger partial charge in [0.25, 0.3) is 0 Å². The number of amides is 1. The minimum atomic E-state index is -4.37. The van der Waals surface area contributed by atoms with E-state index in [1.165, 1.54) is 6.07 Å². The van der Waals surface area contributed by atoms with Gasteiger partial charge in [-0.15, -0.1) is 0 Å². The van der Waals surface area contributed by atoms with Crippen LogP contribution in [0.25, 0.3) is 0 Å². The van der Waals surface area contributed by atoms with Gasteiger partial charge in [-0.1, -0.05) is 6.07 Å². The molecule has 0 aromatic heterocycles. The van der Waals surface area contributed by atoms with Crippen molar-refractivity contribution >= 4 is 11.8 Å². The zero-order valence-electron chi connectivity index (χ0n) is 14.1. The van der Waals surface area contributed by atoms with Gasteiger partial charge in [-0.05, 0) is 51.8 Å². The second-order valence-corrected chi connectivity index (χ2v) is 6.99. The molecule has 1 aromatic rings. The summed E-state index contributed by atoms with van der Waals surface area (Å²) in [6.07, 6.45) is -3.20. The number of carbonyl (C=O) groups excluding carboxylic acids is 1. The zero-order valence-corrected chi connectivity index (χ0v) is 14.1. The number of rotatable bonds is 2. The summed E-state index contributed by atoms with van der Waals surface area (Å²) in [4.78, 5) is 13.7. The van der Waals surface area contributed by atoms with E-state index in [0.29, 0.717) is 18.8 Å². The number of hydrogen-bond acceptors (Lipinski definition) is 3. The molecule has 24 heavy (non-hydrogen) atoms. The van der Waals surface area contributed by atoms with Gasteiger partial charge in [-0.2, -0.15) is 13.2 Å². The van der Waals surface area contributed by atoms with E-state index in [1.54, 1.807) is 31.7 Å². The average Bonchev–Trinajstić information content (AvgIpc) is 2.45. The Labute approximate surface area is 140 Å². The fraction of sp³-hybridized carbons (Fsp3) is 0.588. The molecule has 1 heterocycles. The lowest BCUT2D eigenvalue weighted by atomic mass is 10.1. The number of likely N-dealkylation sites (tertiary alicyclic amines) is 1. The van der Waals surface area contributed by atoms with E-state index >= 15 is 0 Å².